The second-order valence-corrected chi connectivity index (χ2v) is 6.03. The number of carbonyl (C=O) groups is 2. The fourth-order valence-electron chi connectivity index (χ4n) is 2.31. The number of carbonyl (C=O) groups excluding carboxylic acids is 2. The van der Waals surface area contributed by atoms with Crippen LogP contribution in [0.4, 0.5) is 4.79 Å². The van der Waals surface area contributed by atoms with Gasteiger partial charge in [0.15, 0.2) is 0 Å². The number of nitrogens with one attached hydrogen (secondary N) is 2. The SMILES string of the molecule is CC(C)(C)OC(=O)NCC1CCCC1NCC(N)=O. The average Bonchev–Trinajstić information content (AvgIpc) is 2.68. The predicted molar refractivity (Wildman–Crippen MR) is 72.6 cm³/mol. The van der Waals surface area contributed by atoms with E-state index in [1.54, 1.807) is 0 Å². The topological polar surface area (TPSA) is 93.4 Å². The first kappa shape index (κ1) is 15.8. The Bertz CT molecular complexity index is 326. The van der Waals surface area contributed by atoms with Crippen molar-refractivity contribution in [1.29, 1.82) is 0 Å². The number of hydrogen-bond acceptors (Lipinski definition) is 4. The van der Waals surface area contributed by atoms with Crippen LogP contribution in [-0.2, 0) is 9.53 Å². The van der Waals surface area contributed by atoms with E-state index in [0.29, 0.717) is 12.5 Å². The molecule has 0 aromatic heterocycles. The number of amides is 2. The number of rotatable bonds is 5. The summed E-state index contributed by atoms with van der Waals surface area (Å²) in [7, 11) is 0. The molecule has 19 heavy (non-hydrogen) atoms. The van der Waals surface area contributed by atoms with Crippen LogP contribution in [-0.4, -0.2) is 36.7 Å². The molecule has 1 rings (SSSR count). The van der Waals surface area contributed by atoms with Crippen molar-refractivity contribution in [2.45, 2.75) is 51.7 Å². The molecule has 1 saturated carbocycles. The highest BCUT2D eigenvalue weighted by atomic mass is 16.6. The Morgan fingerprint density at radius 2 is 2.00 bits per heavy atom. The fraction of sp³-hybridized carbons (Fsp3) is 0.846. The van der Waals surface area contributed by atoms with Crippen LogP contribution in [0.15, 0.2) is 0 Å². The maximum absolute atomic E-state index is 11.6. The molecular weight excluding hydrogens is 246 g/mol. The van der Waals surface area contributed by atoms with Crippen LogP contribution in [0.25, 0.3) is 0 Å². The summed E-state index contributed by atoms with van der Waals surface area (Å²) < 4.78 is 5.19. The smallest absolute Gasteiger partial charge is 0.407 e. The van der Waals surface area contributed by atoms with Gasteiger partial charge in [-0.1, -0.05) is 6.42 Å². The van der Waals surface area contributed by atoms with Crippen LogP contribution >= 0.6 is 0 Å². The highest BCUT2D eigenvalue weighted by Gasteiger charge is 2.28. The first-order chi connectivity index (χ1) is 8.78. The van der Waals surface area contributed by atoms with Gasteiger partial charge in [0.25, 0.3) is 0 Å². The van der Waals surface area contributed by atoms with Gasteiger partial charge < -0.3 is 21.1 Å². The number of alkyl carbamates (subject to hydrolysis) is 1. The van der Waals surface area contributed by atoms with Crippen LogP contribution in [0, 0.1) is 5.92 Å². The van der Waals surface area contributed by atoms with Crippen molar-refractivity contribution in [2.24, 2.45) is 11.7 Å². The zero-order valence-electron chi connectivity index (χ0n) is 12.0. The third-order valence-corrected chi connectivity index (χ3v) is 3.11. The van der Waals surface area contributed by atoms with Crippen molar-refractivity contribution in [3.05, 3.63) is 0 Å². The summed E-state index contributed by atoms with van der Waals surface area (Å²) in [5.74, 6) is -0.0300. The molecule has 6 nitrogen and oxygen atoms in total. The molecule has 110 valence electrons. The number of hydrogen-bond donors (Lipinski definition) is 3. The van der Waals surface area contributed by atoms with Crippen molar-refractivity contribution in [3.8, 4) is 0 Å². The fourth-order valence-corrected chi connectivity index (χ4v) is 2.31. The minimum atomic E-state index is -0.483. The number of ether oxygens (including phenoxy) is 1. The lowest BCUT2D eigenvalue weighted by Gasteiger charge is -2.23. The van der Waals surface area contributed by atoms with Crippen LogP contribution < -0.4 is 16.4 Å². The van der Waals surface area contributed by atoms with Gasteiger partial charge in [-0.3, -0.25) is 4.79 Å². The molecule has 0 aromatic rings. The average molecular weight is 271 g/mol. The van der Waals surface area contributed by atoms with Crippen molar-refractivity contribution in [2.75, 3.05) is 13.1 Å². The van der Waals surface area contributed by atoms with Gasteiger partial charge in [0.2, 0.25) is 5.91 Å². The Kier molecular flexibility index (Phi) is 5.60. The van der Waals surface area contributed by atoms with E-state index in [4.69, 9.17) is 10.5 Å². The van der Waals surface area contributed by atoms with E-state index in [2.05, 4.69) is 10.6 Å². The number of nitrogens with two attached hydrogens (primary N) is 1. The van der Waals surface area contributed by atoms with Crippen LogP contribution in [0.1, 0.15) is 40.0 Å². The monoisotopic (exact) mass is 271 g/mol. The summed E-state index contributed by atoms with van der Waals surface area (Å²) in [5, 5.41) is 5.92. The molecule has 0 heterocycles. The Labute approximate surface area is 114 Å². The highest BCUT2D eigenvalue weighted by molar-refractivity contribution is 5.75. The lowest BCUT2D eigenvalue weighted by Crippen LogP contribution is -2.43. The molecule has 0 aromatic carbocycles. The van der Waals surface area contributed by atoms with Gasteiger partial charge in [-0.05, 0) is 39.5 Å². The molecule has 0 saturated heterocycles. The quantitative estimate of drug-likeness (QED) is 0.688. The first-order valence-electron chi connectivity index (χ1n) is 6.76. The van der Waals surface area contributed by atoms with Crippen LogP contribution in [0.5, 0.6) is 0 Å². The molecule has 2 amide bonds. The summed E-state index contributed by atoms with van der Waals surface area (Å²) in [4.78, 5) is 22.3. The van der Waals surface area contributed by atoms with Crippen molar-refractivity contribution in [3.63, 3.8) is 0 Å². The second kappa shape index (κ2) is 6.75. The van der Waals surface area contributed by atoms with Crippen LogP contribution in [0.2, 0.25) is 0 Å². The van der Waals surface area contributed by atoms with E-state index in [9.17, 15) is 9.59 Å². The highest BCUT2D eigenvalue weighted by Crippen LogP contribution is 2.25. The molecule has 0 spiro atoms. The molecule has 0 radical (unpaired) electrons. The molecule has 0 bridgehead atoms. The molecule has 0 aliphatic heterocycles. The van der Waals surface area contributed by atoms with Gasteiger partial charge in [0.05, 0.1) is 6.54 Å². The van der Waals surface area contributed by atoms with Gasteiger partial charge in [0.1, 0.15) is 5.60 Å². The van der Waals surface area contributed by atoms with E-state index < -0.39 is 11.7 Å². The van der Waals surface area contributed by atoms with Crippen molar-refractivity contribution >= 4 is 12.0 Å². The first-order valence-corrected chi connectivity index (χ1v) is 6.76. The van der Waals surface area contributed by atoms with Gasteiger partial charge in [0, 0.05) is 12.6 Å². The van der Waals surface area contributed by atoms with E-state index in [1.165, 1.54) is 0 Å². The molecule has 1 aliphatic carbocycles. The van der Waals surface area contributed by atoms with Crippen molar-refractivity contribution in [1.82, 2.24) is 10.6 Å². The minimum absolute atomic E-state index is 0.188. The molecule has 2 unspecified atom stereocenters. The van der Waals surface area contributed by atoms with Gasteiger partial charge >= 0.3 is 6.09 Å². The van der Waals surface area contributed by atoms with Gasteiger partial charge in [-0.25, -0.2) is 4.79 Å². The predicted octanol–water partition coefficient (Wildman–Crippen LogP) is 0.755. The second-order valence-electron chi connectivity index (χ2n) is 6.03. The number of primary amides is 1. The van der Waals surface area contributed by atoms with Gasteiger partial charge in [-0.2, -0.15) is 0 Å². The zero-order chi connectivity index (χ0) is 14.5. The minimum Gasteiger partial charge on any atom is -0.444 e. The lowest BCUT2D eigenvalue weighted by molar-refractivity contribution is -0.117. The Balaban J connectivity index is 2.31. The van der Waals surface area contributed by atoms with Gasteiger partial charge in [-0.15, -0.1) is 0 Å². The van der Waals surface area contributed by atoms with E-state index in [0.717, 1.165) is 19.3 Å². The summed E-state index contributed by atoms with van der Waals surface area (Å²) in [6, 6.07) is 0.238. The zero-order valence-corrected chi connectivity index (χ0v) is 12.0. The molecular formula is C13H25N3O3. The summed E-state index contributed by atoms with van der Waals surface area (Å²) in [6.07, 6.45) is 2.74. The van der Waals surface area contributed by atoms with E-state index in [1.807, 2.05) is 20.8 Å². The lowest BCUT2D eigenvalue weighted by atomic mass is 10.0. The summed E-state index contributed by atoms with van der Waals surface area (Å²) in [6.45, 7) is 6.25. The molecule has 1 fully saturated rings. The molecule has 1 aliphatic rings. The maximum atomic E-state index is 11.6. The Morgan fingerprint density at radius 3 is 2.58 bits per heavy atom. The molecule has 2 atom stereocenters. The third-order valence-electron chi connectivity index (χ3n) is 3.11. The largest absolute Gasteiger partial charge is 0.444 e. The maximum Gasteiger partial charge on any atom is 0.407 e. The summed E-state index contributed by atoms with van der Waals surface area (Å²) >= 11 is 0. The normalized spacial score (nSPS) is 23.1. The van der Waals surface area contributed by atoms with E-state index in [-0.39, 0.29) is 18.5 Å². The standard InChI is InChI=1S/C13H25N3O3/c1-13(2,3)19-12(18)16-7-9-5-4-6-10(9)15-8-11(14)17/h9-10,15H,4-8H2,1-3H3,(H2,14,17)(H,16,18). The van der Waals surface area contributed by atoms with Crippen molar-refractivity contribution < 1.29 is 14.3 Å². The third kappa shape index (κ3) is 6.42. The molecule has 4 N–H and O–H groups in total. The van der Waals surface area contributed by atoms with E-state index >= 15 is 0 Å². The van der Waals surface area contributed by atoms with Crippen LogP contribution in [0.3, 0.4) is 0 Å². The Morgan fingerprint density at radius 1 is 1.32 bits per heavy atom. The Hall–Kier alpha value is -1.30. The summed E-state index contributed by atoms with van der Waals surface area (Å²) in [5.41, 5.74) is 4.63. The molecule has 6 heteroatoms.